The van der Waals surface area contributed by atoms with Gasteiger partial charge in [0.05, 0.1) is 31.9 Å². The topological polar surface area (TPSA) is 48.6 Å². The van der Waals surface area contributed by atoms with Crippen LogP contribution in [-0.4, -0.2) is 72.9 Å². The largest absolute Gasteiger partial charge is 0.465 e. The fourth-order valence-corrected chi connectivity index (χ4v) is 6.49. The Labute approximate surface area is 234 Å². The van der Waals surface area contributed by atoms with Crippen molar-refractivity contribution in [2.45, 2.75) is 50.9 Å². The summed E-state index contributed by atoms with van der Waals surface area (Å²) in [5, 5.41) is 0.673. The third kappa shape index (κ3) is 6.11. The Morgan fingerprint density at radius 1 is 1.15 bits per heavy atom. The molecule has 1 aromatic heterocycles. The molecule has 2 aromatic carbocycles. The molecule has 0 amide bonds. The first kappa shape index (κ1) is 29.4. The molecule has 1 N–H and O–H groups in total. The fourth-order valence-electron chi connectivity index (χ4n) is 6.49. The average molecular weight is 582 g/mol. The Kier molecular flexibility index (Phi) is 8.39. The van der Waals surface area contributed by atoms with Crippen LogP contribution in [0.2, 0.25) is 0 Å². The zero-order chi connectivity index (χ0) is 29.5. The maximum atomic E-state index is 15.8. The number of rotatable bonds is 8. The highest BCUT2D eigenvalue weighted by molar-refractivity contribution is 5.96. The molecule has 0 spiro atoms. The van der Waals surface area contributed by atoms with Gasteiger partial charge in [-0.25, -0.2) is 13.6 Å². The highest BCUT2D eigenvalue weighted by atomic mass is 19.4. The maximum Gasteiger partial charge on any atom is 0.401 e. The van der Waals surface area contributed by atoms with Crippen LogP contribution in [0.4, 0.5) is 26.3 Å². The molecular weight excluding hydrogens is 548 g/mol. The first-order valence-corrected chi connectivity index (χ1v) is 13.8. The second-order valence-electron chi connectivity index (χ2n) is 11.2. The molecule has 1 fully saturated rings. The summed E-state index contributed by atoms with van der Waals surface area (Å²) >= 11 is 0. The Morgan fingerprint density at radius 3 is 2.54 bits per heavy atom. The van der Waals surface area contributed by atoms with E-state index >= 15 is 8.78 Å². The van der Waals surface area contributed by atoms with E-state index in [9.17, 15) is 22.4 Å². The van der Waals surface area contributed by atoms with E-state index in [0.717, 1.165) is 17.9 Å². The van der Waals surface area contributed by atoms with Gasteiger partial charge < -0.3 is 14.6 Å². The number of nitrogens with one attached hydrogen (secondary N) is 1. The van der Waals surface area contributed by atoms with Crippen LogP contribution < -0.4 is 0 Å². The van der Waals surface area contributed by atoms with Crippen LogP contribution >= 0.6 is 0 Å². The van der Waals surface area contributed by atoms with Gasteiger partial charge >= 0.3 is 12.1 Å². The third-order valence-corrected chi connectivity index (χ3v) is 8.31. The molecular formula is C30H33F6N3O2. The summed E-state index contributed by atoms with van der Waals surface area (Å²) in [6.45, 7) is 2.00. The van der Waals surface area contributed by atoms with E-state index in [-0.39, 0.29) is 23.6 Å². The van der Waals surface area contributed by atoms with Crippen molar-refractivity contribution in [3.05, 3.63) is 69.9 Å². The number of nitrogens with zero attached hydrogens (tertiary/aromatic N) is 2. The van der Waals surface area contributed by atoms with E-state index in [1.807, 2.05) is 0 Å². The van der Waals surface area contributed by atoms with Crippen molar-refractivity contribution in [3.8, 4) is 0 Å². The number of likely N-dealkylation sites (tertiary alicyclic amines) is 1. The molecule has 11 heteroatoms. The lowest BCUT2D eigenvalue weighted by molar-refractivity contribution is -0.155. The smallest absolute Gasteiger partial charge is 0.401 e. The number of carbonyl (C=O) groups excluding carboxylic acids is 1. The normalized spacial score (nSPS) is 21.9. The van der Waals surface area contributed by atoms with Crippen molar-refractivity contribution in [2.24, 2.45) is 5.92 Å². The van der Waals surface area contributed by atoms with E-state index in [0.29, 0.717) is 48.0 Å². The van der Waals surface area contributed by atoms with Gasteiger partial charge in [0.25, 0.3) is 0 Å². The minimum absolute atomic E-state index is 0.153. The maximum absolute atomic E-state index is 15.8. The predicted octanol–water partition coefficient (Wildman–Crippen LogP) is 6.36. The molecule has 222 valence electrons. The molecule has 1 unspecified atom stereocenters. The Balaban J connectivity index is 1.53. The monoisotopic (exact) mass is 581 g/mol. The van der Waals surface area contributed by atoms with Crippen LogP contribution in [0.5, 0.6) is 0 Å². The molecule has 3 aromatic rings. The predicted molar refractivity (Wildman–Crippen MR) is 143 cm³/mol. The number of hydrogen-bond donors (Lipinski definition) is 1. The van der Waals surface area contributed by atoms with Gasteiger partial charge in [0.1, 0.15) is 11.6 Å². The lowest BCUT2D eigenvalue weighted by Crippen LogP contribution is -2.47. The van der Waals surface area contributed by atoms with Gasteiger partial charge in [0.2, 0.25) is 0 Å². The molecule has 3 heterocycles. The summed E-state index contributed by atoms with van der Waals surface area (Å²) in [5.74, 6) is -2.24. The molecule has 2 aliphatic heterocycles. The fraction of sp³-hybridized carbons (Fsp3) is 0.500. The first-order valence-electron chi connectivity index (χ1n) is 13.8. The van der Waals surface area contributed by atoms with Crippen LogP contribution in [-0.2, 0) is 17.6 Å². The summed E-state index contributed by atoms with van der Waals surface area (Å²) < 4.78 is 90.2. The summed E-state index contributed by atoms with van der Waals surface area (Å²) in [5.41, 5.74) is 1.64. The number of benzene rings is 2. The summed E-state index contributed by atoms with van der Waals surface area (Å²) in [7, 11) is 1.24. The number of hydrogen-bond acceptors (Lipinski definition) is 4. The van der Waals surface area contributed by atoms with Crippen LogP contribution in [0.15, 0.2) is 30.3 Å². The van der Waals surface area contributed by atoms with Crippen molar-refractivity contribution >= 4 is 16.9 Å². The Bertz CT molecular complexity index is 1400. The van der Waals surface area contributed by atoms with Gasteiger partial charge in [0, 0.05) is 41.3 Å². The van der Waals surface area contributed by atoms with Crippen molar-refractivity contribution in [1.29, 1.82) is 0 Å². The van der Waals surface area contributed by atoms with Crippen molar-refractivity contribution in [2.75, 3.05) is 40.0 Å². The molecule has 0 radical (unpaired) electrons. The molecule has 0 bridgehead atoms. The van der Waals surface area contributed by atoms with Crippen molar-refractivity contribution in [3.63, 3.8) is 0 Å². The standard InChI is InChI=1S/C30H33F6N3O2/c1-17-10-22-21-5-4-20(29(40)41-2)14-25(21)37-27(22)28(39(17)16-30(34,35)36)26-23(32)12-19(13-24(26)33)11-18-6-9-38(15-18)8-3-7-31/h4-5,12-14,17-18,28,37H,3,6-11,15-16H2,1-2H3/t17-,18?,28+/m1/s1. The van der Waals surface area contributed by atoms with Gasteiger partial charge in [-0.15, -0.1) is 0 Å². The number of aromatic nitrogens is 1. The minimum Gasteiger partial charge on any atom is -0.465 e. The van der Waals surface area contributed by atoms with E-state index in [2.05, 4.69) is 9.88 Å². The Morgan fingerprint density at radius 2 is 1.88 bits per heavy atom. The third-order valence-electron chi connectivity index (χ3n) is 8.31. The quantitative estimate of drug-likeness (QED) is 0.249. The van der Waals surface area contributed by atoms with Gasteiger partial charge in [-0.3, -0.25) is 9.29 Å². The van der Waals surface area contributed by atoms with E-state index in [4.69, 9.17) is 4.74 Å². The number of halogens is 6. The number of esters is 1. The molecule has 41 heavy (non-hydrogen) atoms. The molecule has 5 rings (SSSR count). The zero-order valence-corrected chi connectivity index (χ0v) is 23.0. The van der Waals surface area contributed by atoms with Crippen molar-refractivity contribution < 1.29 is 35.9 Å². The molecule has 0 aliphatic carbocycles. The van der Waals surface area contributed by atoms with Crippen molar-refractivity contribution in [1.82, 2.24) is 14.8 Å². The van der Waals surface area contributed by atoms with Crippen LogP contribution in [0.3, 0.4) is 0 Å². The van der Waals surface area contributed by atoms with Gasteiger partial charge in [-0.1, -0.05) is 6.07 Å². The second-order valence-corrected chi connectivity index (χ2v) is 11.2. The molecule has 1 saturated heterocycles. The zero-order valence-electron chi connectivity index (χ0n) is 23.0. The number of methoxy groups -OCH3 is 1. The Hall–Kier alpha value is -3.05. The number of H-pyrrole nitrogens is 1. The average Bonchev–Trinajstić information content (AvgIpc) is 3.51. The van der Waals surface area contributed by atoms with Crippen LogP contribution in [0.1, 0.15) is 58.5 Å². The highest BCUT2D eigenvalue weighted by Gasteiger charge is 2.44. The van der Waals surface area contributed by atoms with Crippen LogP contribution in [0, 0.1) is 17.6 Å². The van der Waals surface area contributed by atoms with E-state index in [1.54, 1.807) is 19.1 Å². The van der Waals surface area contributed by atoms with E-state index in [1.165, 1.54) is 25.3 Å². The number of ether oxygens (including phenoxy) is 1. The minimum atomic E-state index is -4.60. The number of aromatic amines is 1. The molecule has 3 atom stereocenters. The van der Waals surface area contributed by atoms with Crippen LogP contribution in [0.25, 0.3) is 10.9 Å². The molecule has 0 saturated carbocycles. The number of carbonyl (C=O) groups is 1. The first-order chi connectivity index (χ1) is 19.5. The van der Waals surface area contributed by atoms with Gasteiger partial charge in [-0.2, -0.15) is 13.2 Å². The molecule has 2 aliphatic rings. The SMILES string of the molecule is COC(=O)c1ccc2c3c([nH]c2c1)[C@H](c1c(F)cc(CC2CCN(CCCF)C2)cc1F)N(CC(F)(F)F)[C@H](C)C3. The summed E-state index contributed by atoms with van der Waals surface area (Å²) in [6, 6.07) is 5.18. The number of alkyl halides is 4. The second kappa shape index (κ2) is 11.7. The lowest BCUT2D eigenvalue weighted by Gasteiger charge is -2.41. The van der Waals surface area contributed by atoms with Gasteiger partial charge in [-0.05, 0) is 80.5 Å². The number of fused-ring (bicyclic) bond motifs is 3. The molecule has 5 nitrogen and oxygen atoms in total. The van der Waals surface area contributed by atoms with Gasteiger partial charge in [0.15, 0.2) is 0 Å². The lowest BCUT2D eigenvalue weighted by atomic mass is 9.87. The van der Waals surface area contributed by atoms with E-state index < -0.39 is 54.6 Å². The summed E-state index contributed by atoms with van der Waals surface area (Å²) in [4.78, 5) is 18.4. The summed E-state index contributed by atoms with van der Waals surface area (Å²) in [6.07, 6.45) is -2.69. The highest BCUT2D eigenvalue weighted by Crippen LogP contribution is 2.44.